The average molecular weight is 523 g/mol. The van der Waals surface area contributed by atoms with Crippen LogP contribution in [-0.2, 0) is 17.9 Å². The van der Waals surface area contributed by atoms with Crippen LogP contribution < -0.4 is 4.74 Å². The smallest absolute Gasteiger partial charge is 0.293 e. The van der Waals surface area contributed by atoms with Crippen molar-refractivity contribution >= 4 is 63.8 Å². The van der Waals surface area contributed by atoms with Crippen molar-refractivity contribution in [3.63, 3.8) is 0 Å². The summed E-state index contributed by atoms with van der Waals surface area (Å²) >= 11 is 18.9. The Kier molecular flexibility index (Phi) is 7.29. The molecule has 0 saturated carbocycles. The van der Waals surface area contributed by atoms with Gasteiger partial charge in [-0.25, -0.2) is 4.39 Å². The average Bonchev–Trinajstić information content (AvgIpc) is 3.04. The Labute approximate surface area is 208 Å². The van der Waals surface area contributed by atoms with Gasteiger partial charge in [-0.2, -0.15) is 0 Å². The highest BCUT2D eigenvalue weighted by atomic mass is 35.5. The molecule has 1 heterocycles. The van der Waals surface area contributed by atoms with Crippen LogP contribution in [0.25, 0.3) is 6.08 Å². The first-order valence-electron chi connectivity index (χ1n) is 9.67. The van der Waals surface area contributed by atoms with Gasteiger partial charge in [0, 0.05) is 26.2 Å². The number of hydrogen-bond acceptors (Lipinski definition) is 4. The highest BCUT2D eigenvalue weighted by Gasteiger charge is 2.35. The molecule has 33 heavy (non-hydrogen) atoms. The van der Waals surface area contributed by atoms with Gasteiger partial charge in [0.1, 0.15) is 18.2 Å². The van der Waals surface area contributed by atoms with E-state index in [0.29, 0.717) is 21.4 Å². The summed E-state index contributed by atoms with van der Waals surface area (Å²) < 4.78 is 19.8. The van der Waals surface area contributed by atoms with Gasteiger partial charge in [-0.15, -0.1) is 0 Å². The molecule has 0 bridgehead atoms. The van der Waals surface area contributed by atoms with E-state index in [1.54, 1.807) is 48.5 Å². The van der Waals surface area contributed by atoms with Crippen LogP contribution in [0.2, 0.25) is 15.1 Å². The molecule has 1 saturated heterocycles. The lowest BCUT2D eigenvalue weighted by atomic mass is 10.2. The van der Waals surface area contributed by atoms with Crippen LogP contribution >= 0.6 is 46.6 Å². The van der Waals surface area contributed by atoms with Crippen LogP contribution in [-0.4, -0.2) is 16.0 Å². The van der Waals surface area contributed by atoms with Crippen LogP contribution in [0.5, 0.6) is 5.75 Å². The van der Waals surface area contributed by atoms with Gasteiger partial charge in [0.2, 0.25) is 0 Å². The maximum atomic E-state index is 14.1. The van der Waals surface area contributed by atoms with Crippen LogP contribution in [0.15, 0.2) is 65.6 Å². The first-order chi connectivity index (χ1) is 15.8. The molecule has 1 fully saturated rings. The molecule has 0 N–H and O–H groups in total. The number of halogens is 4. The molecule has 4 nitrogen and oxygen atoms in total. The molecule has 9 heteroatoms. The molecule has 168 valence electrons. The van der Waals surface area contributed by atoms with E-state index in [2.05, 4.69) is 0 Å². The number of amides is 2. The summed E-state index contributed by atoms with van der Waals surface area (Å²) in [4.78, 5) is 26.3. The van der Waals surface area contributed by atoms with Crippen LogP contribution in [0.3, 0.4) is 0 Å². The molecular formula is C24H15Cl3FNO3S. The lowest BCUT2D eigenvalue weighted by Crippen LogP contribution is -2.28. The largest absolute Gasteiger partial charge is 0.489 e. The standard InChI is InChI=1S/C24H15Cl3FNO3S/c25-16-7-6-15(20(27)11-16)13-32-17-8-4-14(5-9-17)10-22-23(30)29(24(31)33-22)12-18-19(26)2-1-3-21(18)28/h1-11H,12-13H2/b22-10+. The molecule has 0 aromatic heterocycles. The van der Waals surface area contributed by atoms with E-state index in [9.17, 15) is 14.0 Å². The van der Waals surface area contributed by atoms with Gasteiger partial charge >= 0.3 is 0 Å². The minimum absolute atomic E-state index is 0.102. The van der Waals surface area contributed by atoms with E-state index >= 15 is 0 Å². The van der Waals surface area contributed by atoms with Gasteiger partial charge < -0.3 is 4.74 Å². The van der Waals surface area contributed by atoms with Crippen molar-refractivity contribution in [2.75, 3.05) is 0 Å². The zero-order chi connectivity index (χ0) is 23.5. The van der Waals surface area contributed by atoms with Crippen LogP contribution in [0.1, 0.15) is 16.7 Å². The molecule has 4 rings (SSSR count). The Balaban J connectivity index is 1.43. The van der Waals surface area contributed by atoms with Gasteiger partial charge in [0.15, 0.2) is 0 Å². The summed E-state index contributed by atoms with van der Waals surface area (Å²) in [5, 5.41) is 0.750. The molecule has 1 aliphatic heterocycles. The summed E-state index contributed by atoms with van der Waals surface area (Å²) in [6.07, 6.45) is 1.60. The lowest BCUT2D eigenvalue weighted by Gasteiger charge is -2.14. The number of imide groups is 1. The van der Waals surface area contributed by atoms with E-state index in [0.717, 1.165) is 22.2 Å². The van der Waals surface area contributed by atoms with Crippen molar-refractivity contribution in [3.05, 3.63) is 103 Å². The van der Waals surface area contributed by atoms with Crippen molar-refractivity contribution in [2.45, 2.75) is 13.2 Å². The first-order valence-corrected chi connectivity index (χ1v) is 11.6. The zero-order valence-corrected chi connectivity index (χ0v) is 19.9. The molecule has 0 spiro atoms. The predicted molar refractivity (Wildman–Crippen MR) is 130 cm³/mol. The normalized spacial score (nSPS) is 14.9. The molecule has 3 aromatic rings. The highest BCUT2D eigenvalue weighted by Crippen LogP contribution is 2.35. The fraction of sp³-hybridized carbons (Fsp3) is 0.0833. The summed E-state index contributed by atoms with van der Waals surface area (Å²) in [6, 6.07) is 16.4. The number of carbonyl (C=O) groups is 2. The Morgan fingerprint density at radius 2 is 1.73 bits per heavy atom. The molecule has 2 amide bonds. The monoisotopic (exact) mass is 521 g/mol. The minimum Gasteiger partial charge on any atom is -0.489 e. The van der Waals surface area contributed by atoms with Crippen molar-refractivity contribution in [1.82, 2.24) is 4.90 Å². The highest BCUT2D eigenvalue weighted by molar-refractivity contribution is 8.18. The van der Waals surface area contributed by atoms with Crippen molar-refractivity contribution in [1.29, 1.82) is 0 Å². The third-order valence-electron chi connectivity index (χ3n) is 4.84. The summed E-state index contributed by atoms with van der Waals surface area (Å²) in [7, 11) is 0. The molecule has 0 radical (unpaired) electrons. The number of hydrogen-bond donors (Lipinski definition) is 0. The Morgan fingerprint density at radius 3 is 2.42 bits per heavy atom. The number of carbonyl (C=O) groups excluding carboxylic acids is 2. The van der Waals surface area contributed by atoms with E-state index in [-0.39, 0.29) is 28.6 Å². The summed E-state index contributed by atoms with van der Waals surface area (Å²) in [6.45, 7) is 0.0421. The molecule has 0 aliphatic carbocycles. The quantitative estimate of drug-likeness (QED) is 0.313. The molecule has 1 aliphatic rings. The zero-order valence-electron chi connectivity index (χ0n) is 16.9. The maximum absolute atomic E-state index is 14.1. The molecule has 0 atom stereocenters. The van der Waals surface area contributed by atoms with Crippen LogP contribution in [0.4, 0.5) is 9.18 Å². The maximum Gasteiger partial charge on any atom is 0.293 e. The Morgan fingerprint density at radius 1 is 0.970 bits per heavy atom. The van der Waals surface area contributed by atoms with E-state index < -0.39 is 17.0 Å². The first kappa shape index (κ1) is 23.6. The van der Waals surface area contributed by atoms with Crippen molar-refractivity contribution in [3.8, 4) is 5.75 Å². The van der Waals surface area contributed by atoms with Gasteiger partial charge in [-0.05, 0) is 59.8 Å². The Hall–Kier alpha value is -2.51. The summed E-state index contributed by atoms with van der Waals surface area (Å²) in [5.74, 6) is -0.455. The topological polar surface area (TPSA) is 46.6 Å². The number of rotatable bonds is 6. The van der Waals surface area contributed by atoms with Crippen molar-refractivity contribution < 1.29 is 18.7 Å². The third kappa shape index (κ3) is 5.53. The van der Waals surface area contributed by atoms with E-state index in [1.165, 1.54) is 18.2 Å². The minimum atomic E-state index is -0.569. The summed E-state index contributed by atoms with van der Waals surface area (Å²) in [5.41, 5.74) is 1.61. The van der Waals surface area contributed by atoms with E-state index in [1.807, 2.05) is 0 Å². The lowest BCUT2D eigenvalue weighted by molar-refractivity contribution is -0.123. The number of nitrogens with zero attached hydrogens (tertiary/aromatic N) is 1. The van der Waals surface area contributed by atoms with Gasteiger partial charge in [0.05, 0.1) is 11.4 Å². The fourth-order valence-electron chi connectivity index (χ4n) is 3.09. The van der Waals surface area contributed by atoms with Gasteiger partial charge in [0.25, 0.3) is 11.1 Å². The second kappa shape index (κ2) is 10.2. The molecular weight excluding hydrogens is 508 g/mol. The Bertz CT molecular complexity index is 1240. The SMILES string of the molecule is O=C1S/C(=C/c2ccc(OCc3ccc(Cl)cc3Cl)cc2)C(=O)N1Cc1c(F)cccc1Cl. The van der Waals surface area contributed by atoms with E-state index in [4.69, 9.17) is 39.5 Å². The van der Waals surface area contributed by atoms with Crippen molar-refractivity contribution in [2.24, 2.45) is 0 Å². The third-order valence-corrected chi connectivity index (χ3v) is 6.69. The second-order valence-corrected chi connectivity index (χ2v) is 9.31. The second-order valence-electron chi connectivity index (χ2n) is 7.06. The van der Waals surface area contributed by atoms with Crippen LogP contribution in [0, 0.1) is 5.82 Å². The molecule has 0 unspecified atom stereocenters. The number of thioether (sulfide) groups is 1. The van der Waals surface area contributed by atoms with Gasteiger partial charge in [-0.1, -0.05) is 59.1 Å². The predicted octanol–water partition coefficient (Wildman–Crippen LogP) is 7.60. The van der Waals surface area contributed by atoms with Gasteiger partial charge in [-0.3, -0.25) is 14.5 Å². The number of ether oxygens (including phenoxy) is 1. The number of benzene rings is 3. The molecule has 3 aromatic carbocycles. The fourth-order valence-corrected chi connectivity index (χ4v) is 4.61.